The summed E-state index contributed by atoms with van der Waals surface area (Å²) in [6.07, 6.45) is 1.75. The van der Waals surface area contributed by atoms with Crippen LogP contribution in [-0.2, 0) is 16.4 Å². The van der Waals surface area contributed by atoms with E-state index in [2.05, 4.69) is 12.1 Å². The predicted molar refractivity (Wildman–Crippen MR) is 118 cm³/mol. The number of carboxylic acids is 1. The number of hydrogen-bond acceptors (Lipinski definition) is 2. The maximum absolute atomic E-state index is 12.1. The minimum atomic E-state index is -4.44. The Morgan fingerprint density at radius 3 is 2.12 bits per heavy atom. The number of carbonyl (C=O) groups excluding carboxylic acids is 1. The van der Waals surface area contributed by atoms with E-state index < -0.39 is 29.0 Å². The predicted octanol–water partition coefficient (Wildman–Crippen LogP) is 6.07. The summed E-state index contributed by atoms with van der Waals surface area (Å²) >= 11 is 6.00. The van der Waals surface area contributed by atoms with Gasteiger partial charge in [-0.2, -0.15) is 13.2 Å². The van der Waals surface area contributed by atoms with Gasteiger partial charge in [-0.25, -0.2) is 0 Å². The zero-order valence-electron chi connectivity index (χ0n) is 17.9. The van der Waals surface area contributed by atoms with E-state index in [0.717, 1.165) is 42.5 Å². The number of carbonyl (C=O) groups is 2. The summed E-state index contributed by atoms with van der Waals surface area (Å²) in [5.74, 6) is -0.234. The molecule has 2 aromatic rings. The lowest BCUT2D eigenvalue weighted by molar-refractivity contribution is -0.167. The standard InChI is InChI=1S/C17H19ClO2.C8H6F3NO/c18-14-3-1-13(2-4-14)16-6-11-5-12(7-16)9-17(8-11,10-16)15(19)20;9-8(10,11)6-3-1-2-5(4-6)7(12)13/h1-4,11-12H,5-10H2,(H,19,20);1-4H,(H2,12,13). The van der Waals surface area contributed by atoms with Crippen molar-refractivity contribution >= 4 is 23.5 Å². The molecule has 2 unspecified atom stereocenters. The summed E-state index contributed by atoms with van der Waals surface area (Å²) < 4.78 is 36.2. The summed E-state index contributed by atoms with van der Waals surface area (Å²) in [4.78, 5) is 22.4. The van der Waals surface area contributed by atoms with Crippen molar-refractivity contribution in [1.82, 2.24) is 0 Å². The Morgan fingerprint density at radius 2 is 1.61 bits per heavy atom. The molecule has 0 saturated heterocycles. The Kier molecular flexibility index (Phi) is 5.97. The van der Waals surface area contributed by atoms with Gasteiger partial charge in [0.1, 0.15) is 0 Å². The van der Waals surface area contributed by atoms with Gasteiger partial charge < -0.3 is 10.8 Å². The fraction of sp³-hybridized carbons (Fsp3) is 0.440. The number of hydrogen-bond donors (Lipinski definition) is 2. The van der Waals surface area contributed by atoms with Crippen molar-refractivity contribution in [2.75, 3.05) is 0 Å². The fourth-order valence-electron chi connectivity index (χ4n) is 6.50. The number of carboxylic acid groups (broad SMARTS) is 1. The van der Waals surface area contributed by atoms with Crippen LogP contribution in [0.25, 0.3) is 0 Å². The Hall–Kier alpha value is -2.54. The average molecular weight is 480 g/mol. The zero-order chi connectivity index (χ0) is 24.0. The SMILES string of the molecule is NC(=O)c1cccc(C(F)(F)F)c1.O=C(O)C12CC3CC(C1)CC(c1ccc(Cl)cc1)(C3)C2. The normalized spacial score (nSPS) is 29.8. The number of aliphatic carboxylic acids is 1. The summed E-state index contributed by atoms with van der Waals surface area (Å²) in [5, 5.41) is 10.5. The van der Waals surface area contributed by atoms with Gasteiger partial charge in [-0.05, 0) is 91.7 Å². The average Bonchev–Trinajstić information content (AvgIpc) is 2.73. The van der Waals surface area contributed by atoms with E-state index in [0.29, 0.717) is 11.8 Å². The van der Waals surface area contributed by atoms with Gasteiger partial charge in [0, 0.05) is 10.6 Å². The molecule has 176 valence electrons. The van der Waals surface area contributed by atoms with Gasteiger partial charge in [0.2, 0.25) is 5.91 Å². The van der Waals surface area contributed by atoms with Crippen LogP contribution in [0.5, 0.6) is 0 Å². The Labute approximate surface area is 194 Å². The van der Waals surface area contributed by atoms with Crippen LogP contribution in [0.3, 0.4) is 0 Å². The van der Waals surface area contributed by atoms with Gasteiger partial charge >= 0.3 is 12.1 Å². The Morgan fingerprint density at radius 1 is 1.00 bits per heavy atom. The molecule has 4 aliphatic rings. The van der Waals surface area contributed by atoms with Crippen LogP contribution in [0.4, 0.5) is 13.2 Å². The highest BCUT2D eigenvalue weighted by Gasteiger charge is 2.61. The quantitative estimate of drug-likeness (QED) is 0.561. The van der Waals surface area contributed by atoms with E-state index in [4.69, 9.17) is 17.3 Å². The Bertz CT molecular complexity index is 1050. The minimum absolute atomic E-state index is 0.0903. The molecule has 1 amide bonds. The van der Waals surface area contributed by atoms with Crippen molar-refractivity contribution in [1.29, 1.82) is 0 Å². The molecule has 0 radical (unpaired) electrons. The summed E-state index contributed by atoms with van der Waals surface area (Å²) in [5.41, 5.74) is 4.75. The molecule has 4 bridgehead atoms. The molecular weight excluding hydrogens is 455 g/mol. The van der Waals surface area contributed by atoms with Crippen molar-refractivity contribution in [3.63, 3.8) is 0 Å². The third kappa shape index (κ3) is 4.60. The molecule has 0 spiro atoms. The Balaban J connectivity index is 0.000000174. The number of alkyl halides is 3. The maximum Gasteiger partial charge on any atom is 0.416 e. The van der Waals surface area contributed by atoms with Gasteiger partial charge in [-0.15, -0.1) is 0 Å². The fourth-order valence-corrected chi connectivity index (χ4v) is 6.63. The van der Waals surface area contributed by atoms with Crippen LogP contribution in [0.15, 0.2) is 48.5 Å². The molecule has 0 heterocycles. The van der Waals surface area contributed by atoms with Crippen LogP contribution in [0.1, 0.15) is 60.0 Å². The van der Waals surface area contributed by atoms with E-state index >= 15 is 0 Å². The highest BCUT2D eigenvalue weighted by Crippen LogP contribution is 2.65. The first kappa shape index (κ1) is 23.6. The molecule has 33 heavy (non-hydrogen) atoms. The monoisotopic (exact) mass is 479 g/mol. The van der Waals surface area contributed by atoms with Crippen LogP contribution in [0.2, 0.25) is 5.02 Å². The molecule has 4 aliphatic carbocycles. The number of nitrogens with two attached hydrogens (primary N) is 1. The summed E-state index contributed by atoms with van der Waals surface area (Å²) in [6, 6.07) is 12.1. The van der Waals surface area contributed by atoms with E-state index in [1.165, 1.54) is 30.9 Å². The van der Waals surface area contributed by atoms with E-state index in [-0.39, 0.29) is 11.0 Å². The molecule has 4 saturated carbocycles. The van der Waals surface area contributed by atoms with Crippen LogP contribution >= 0.6 is 11.6 Å². The highest BCUT2D eigenvalue weighted by molar-refractivity contribution is 6.30. The highest BCUT2D eigenvalue weighted by atomic mass is 35.5. The van der Waals surface area contributed by atoms with Gasteiger partial charge in [0.15, 0.2) is 0 Å². The second-order valence-electron chi connectivity index (χ2n) is 9.78. The molecule has 2 atom stereocenters. The van der Waals surface area contributed by atoms with Crippen molar-refractivity contribution in [3.05, 3.63) is 70.2 Å². The van der Waals surface area contributed by atoms with Gasteiger partial charge in [0.25, 0.3) is 0 Å². The lowest BCUT2D eigenvalue weighted by Gasteiger charge is -2.60. The van der Waals surface area contributed by atoms with E-state index in [9.17, 15) is 27.9 Å². The molecule has 6 rings (SSSR count). The van der Waals surface area contributed by atoms with Gasteiger partial charge in [-0.3, -0.25) is 9.59 Å². The largest absolute Gasteiger partial charge is 0.481 e. The first-order chi connectivity index (χ1) is 15.4. The van der Waals surface area contributed by atoms with Crippen LogP contribution in [-0.4, -0.2) is 17.0 Å². The molecule has 0 aliphatic heterocycles. The lowest BCUT2D eigenvalue weighted by atomic mass is 9.43. The molecule has 4 nitrogen and oxygen atoms in total. The molecule has 4 fully saturated rings. The van der Waals surface area contributed by atoms with Crippen molar-refractivity contribution < 1.29 is 27.9 Å². The minimum Gasteiger partial charge on any atom is -0.481 e. The molecule has 3 N–H and O–H groups in total. The molecule has 0 aromatic heterocycles. The van der Waals surface area contributed by atoms with E-state index in [1.807, 2.05) is 12.1 Å². The van der Waals surface area contributed by atoms with Crippen molar-refractivity contribution in [2.45, 2.75) is 50.1 Å². The third-order valence-corrected chi connectivity index (χ3v) is 7.70. The smallest absolute Gasteiger partial charge is 0.416 e. The number of primary amides is 1. The molecule has 2 aromatic carbocycles. The first-order valence-electron chi connectivity index (χ1n) is 10.9. The van der Waals surface area contributed by atoms with Crippen LogP contribution in [0, 0.1) is 17.3 Å². The van der Waals surface area contributed by atoms with Crippen LogP contribution < -0.4 is 5.73 Å². The summed E-state index contributed by atoms with van der Waals surface area (Å²) in [7, 11) is 0. The lowest BCUT2D eigenvalue weighted by Crippen LogP contribution is -2.56. The third-order valence-electron chi connectivity index (χ3n) is 7.45. The van der Waals surface area contributed by atoms with E-state index in [1.54, 1.807) is 0 Å². The molecule has 8 heteroatoms. The van der Waals surface area contributed by atoms with Crippen molar-refractivity contribution in [3.8, 4) is 0 Å². The molecular formula is C25H25ClF3NO3. The maximum atomic E-state index is 12.1. The second-order valence-corrected chi connectivity index (χ2v) is 10.2. The van der Waals surface area contributed by atoms with Crippen molar-refractivity contribution in [2.24, 2.45) is 23.0 Å². The number of benzene rings is 2. The second kappa shape index (κ2) is 8.35. The summed E-state index contributed by atoms with van der Waals surface area (Å²) in [6.45, 7) is 0. The number of amides is 1. The van der Waals surface area contributed by atoms with Gasteiger partial charge in [0.05, 0.1) is 11.0 Å². The number of halogens is 4. The number of rotatable bonds is 3. The first-order valence-corrected chi connectivity index (χ1v) is 11.3. The van der Waals surface area contributed by atoms with Gasteiger partial charge in [-0.1, -0.05) is 29.8 Å². The topological polar surface area (TPSA) is 80.4 Å². The zero-order valence-corrected chi connectivity index (χ0v) is 18.6.